The molecule has 0 fully saturated rings. The zero-order valence-corrected chi connectivity index (χ0v) is 7.04. The summed E-state index contributed by atoms with van der Waals surface area (Å²) in [6.45, 7) is 4.17. The number of unbranched alkanes of at least 4 members (excludes halogenated alkanes) is 1. The number of amides is 1. The first-order valence-corrected chi connectivity index (χ1v) is 3.89. The summed E-state index contributed by atoms with van der Waals surface area (Å²) in [6, 6.07) is 0. The second kappa shape index (κ2) is 5.82. The normalized spacial score (nSPS) is 9.27. The van der Waals surface area contributed by atoms with Gasteiger partial charge in [-0.25, -0.2) is 0 Å². The highest BCUT2D eigenvalue weighted by molar-refractivity contribution is 5.75. The van der Waals surface area contributed by atoms with Crippen LogP contribution in [-0.2, 0) is 4.79 Å². The van der Waals surface area contributed by atoms with Gasteiger partial charge in [-0.15, -0.1) is 4.91 Å². The first-order chi connectivity index (χ1) is 5.26. The lowest BCUT2D eigenvalue weighted by Gasteiger charge is -2.10. The number of hydrogen-bond donors (Lipinski definition) is 0. The molecule has 0 saturated carbocycles. The van der Waals surface area contributed by atoms with Crippen LogP contribution in [0.5, 0.6) is 0 Å². The molecule has 11 heavy (non-hydrogen) atoms. The average molecular weight is 158 g/mol. The van der Waals surface area contributed by atoms with E-state index in [1.807, 2.05) is 6.92 Å². The molecule has 0 aromatic heterocycles. The van der Waals surface area contributed by atoms with E-state index < -0.39 is 0 Å². The highest BCUT2D eigenvalue weighted by Crippen LogP contribution is 1.98. The van der Waals surface area contributed by atoms with E-state index in [4.69, 9.17) is 0 Å². The van der Waals surface area contributed by atoms with Crippen LogP contribution in [0.3, 0.4) is 0 Å². The topological polar surface area (TPSA) is 49.7 Å². The Hall–Kier alpha value is -0.930. The monoisotopic (exact) mass is 158 g/mol. The molecular weight excluding hydrogens is 144 g/mol. The SMILES string of the molecule is CCCCN(N=O)C(=O)CC. The lowest BCUT2D eigenvalue weighted by Crippen LogP contribution is -2.25. The van der Waals surface area contributed by atoms with Crippen molar-refractivity contribution >= 4 is 5.91 Å². The molecule has 0 unspecified atom stereocenters. The van der Waals surface area contributed by atoms with E-state index in [9.17, 15) is 9.70 Å². The van der Waals surface area contributed by atoms with Gasteiger partial charge in [0.2, 0.25) is 5.91 Å². The van der Waals surface area contributed by atoms with Crippen LogP contribution >= 0.6 is 0 Å². The molecule has 0 atom stereocenters. The lowest BCUT2D eigenvalue weighted by molar-refractivity contribution is -0.131. The lowest BCUT2D eigenvalue weighted by atomic mass is 10.3. The molecule has 0 aromatic carbocycles. The van der Waals surface area contributed by atoms with Crippen molar-refractivity contribution in [2.45, 2.75) is 33.1 Å². The van der Waals surface area contributed by atoms with E-state index in [-0.39, 0.29) is 5.91 Å². The first-order valence-electron chi connectivity index (χ1n) is 3.89. The fraction of sp³-hybridized carbons (Fsp3) is 0.857. The van der Waals surface area contributed by atoms with E-state index in [0.29, 0.717) is 13.0 Å². The molecule has 0 saturated heterocycles. The standard InChI is InChI=1S/C7H14N2O2/c1-3-5-6-9(8-11)7(10)4-2/h3-6H2,1-2H3. The molecule has 0 N–H and O–H groups in total. The van der Waals surface area contributed by atoms with Gasteiger partial charge in [-0.05, 0) is 6.42 Å². The van der Waals surface area contributed by atoms with Crippen LogP contribution < -0.4 is 0 Å². The fourth-order valence-electron chi connectivity index (χ4n) is 0.701. The van der Waals surface area contributed by atoms with Crippen molar-refractivity contribution in [2.75, 3.05) is 6.54 Å². The molecule has 0 bridgehead atoms. The van der Waals surface area contributed by atoms with Gasteiger partial charge in [-0.3, -0.25) is 4.79 Å². The quantitative estimate of drug-likeness (QED) is 0.451. The molecule has 1 amide bonds. The summed E-state index contributed by atoms with van der Waals surface area (Å²) < 4.78 is 0. The van der Waals surface area contributed by atoms with Crippen molar-refractivity contribution in [3.05, 3.63) is 4.91 Å². The van der Waals surface area contributed by atoms with Gasteiger partial charge in [-0.2, -0.15) is 5.01 Å². The Balaban J connectivity index is 3.74. The van der Waals surface area contributed by atoms with E-state index in [1.54, 1.807) is 6.92 Å². The van der Waals surface area contributed by atoms with Crippen LogP contribution in [-0.4, -0.2) is 17.5 Å². The molecule has 0 aliphatic heterocycles. The maximum absolute atomic E-state index is 10.9. The van der Waals surface area contributed by atoms with Crippen LogP contribution in [0.15, 0.2) is 5.29 Å². The van der Waals surface area contributed by atoms with Gasteiger partial charge in [0.05, 0.1) is 5.29 Å². The van der Waals surface area contributed by atoms with Gasteiger partial charge in [0, 0.05) is 13.0 Å². The predicted molar refractivity (Wildman–Crippen MR) is 42.7 cm³/mol. The van der Waals surface area contributed by atoms with Gasteiger partial charge in [-0.1, -0.05) is 20.3 Å². The second-order valence-corrected chi connectivity index (χ2v) is 2.31. The Morgan fingerprint density at radius 3 is 2.45 bits per heavy atom. The Morgan fingerprint density at radius 1 is 1.45 bits per heavy atom. The molecule has 0 aliphatic rings. The summed E-state index contributed by atoms with van der Waals surface area (Å²) in [5, 5.41) is 3.62. The number of rotatable bonds is 5. The smallest absolute Gasteiger partial charge is 0.244 e. The predicted octanol–water partition coefficient (Wildman–Crippen LogP) is 1.71. The van der Waals surface area contributed by atoms with Crippen molar-refractivity contribution in [3.8, 4) is 0 Å². The van der Waals surface area contributed by atoms with Crippen molar-refractivity contribution < 1.29 is 4.79 Å². The van der Waals surface area contributed by atoms with E-state index >= 15 is 0 Å². The molecule has 0 rings (SSSR count). The molecule has 0 spiro atoms. The zero-order chi connectivity index (χ0) is 8.69. The summed E-state index contributed by atoms with van der Waals surface area (Å²) in [6.07, 6.45) is 2.13. The molecule has 4 heteroatoms. The molecule has 0 aromatic rings. The highest BCUT2D eigenvalue weighted by Gasteiger charge is 2.09. The molecule has 0 aliphatic carbocycles. The number of nitroso groups, excluding NO2 is 1. The van der Waals surface area contributed by atoms with Gasteiger partial charge >= 0.3 is 0 Å². The van der Waals surface area contributed by atoms with Crippen molar-refractivity contribution in [1.29, 1.82) is 0 Å². The van der Waals surface area contributed by atoms with Crippen LogP contribution in [0.25, 0.3) is 0 Å². The van der Waals surface area contributed by atoms with Gasteiger partial charge < -0.3 is 0 Å². The summed E-state index contributed by atoms with van der Waals surface area (Å²) in [5.41, 5.74) is 0. The zero-order valence-electron chi connectivity index (χ0n) is 7.04. The van der Waals surface area contributed by atoms with Gasteiger partial charge in [0.15, 0.2) is 0 Å². The Kier molecular flexibility index (Phi) is 5.33. The minimum atomic E-state index is -0.201. The maximum atomic E-state index is 10.9. The van der Waals surface area contributed by atoms with Crippen LogP contribution in [0.2, 0.25) is 0 Å². The van der Waals surface area contributed by atoms with Gasteiger partial charge in [0.25, 0.3) is 0 Å². The van der Waals surface area contributed by atoms with Crippen molar-refractivity contribution in [3.63, 3.8) is 0 Å². The number of nitrogens with zero attached hydrogens (tertiary/aromatic N) is 2. The molecule has 4 nitrogen and oxygen atoms in total. The molecule has 64 valence electrons. The summed E-state index contributed by atoms with van der Waals surface area (Å²) in [7, 11) is 0. The minimum absolute atomic E-state index is 0.201. The second-order valence-electron chi connectivity index (χ2n) is 2.31. The van der Waals surface area contributed by atoms with Crippen LogP contribution in [0.1, 0.15) is 33.1 Å². The summed E-state index contributed by atoms with van der Waals surface area (Å²) in [4.78, 5) is 20.9. The Morgan fingerprint density at radius 2 is 2.09 bits per heavy atom. The van der Waals surface area contributed by atoms with Crippen molar-refractivity contribution in [2.24, 2.45) is 5.29 Å². The largest absolute Gasteiger partial charge is 0.273 e. The molecule has 0 radical (unpaired) electrons. The number of carbonyl (C=O) groups excluding carboxylic acids is 1. The third kappa shape index (κ3) is 3.70. The third-order valence-corrected chi connectivity index (χ3v) is 1.41. The Labute approximate surface area is 66.5 Å². The highest BCUT2D eigenvalue weighted by atomic mass is 16.3. The first kappa shape index (κ1) is 10.1. The number of carbonyl (C=O) groups is 1. The molecule has 0 heterocycles. The van der Waals surface area contributed by atoms with Gasteiger partial charge in [0.1, 0.15) is 0 Å². The Bertz CT molecular complexity index is 136. The number of hydrogen-bond acceptors (Lipinski definition) is 3. The molecular formula is C7H14N2O2. The summed E-state index contributed by atoms with van der Waals surface area (Å²) in [5.74, 6) is -0.201. The van der Waals surface area contributed by atoms with E-state index in [1.165, 1.54) is 0 Å². The van der Waals surface area contributed by atoms with Crippen LogP contribution in [0.4, 0.5) is 0 Å². The maximum Gasteiger partial charge on any atom is 0.244 e. The average Bonchev–Trinajstić information content (AvgIpc) is 2.05. The van der Waals surface area contributed by atoms with Crippen LogP contribution in [0, 0.1) is 4.91 Å². The third-order valence-electron chi connectivity index (χ3n) is 1.41. The van der Waals surface area contributed by atoms with E-state index in [2.05, 4.69) is 5.29 Å². The minimum Gasteiger partial charge on any atom is -0.273 e. The van der Waals surface area contributed by atoms with E-state index in [0.717, 1.165) is 17.9 Å². The van der Waals surface area contributed by atoms with Crippen molar-refractivity contribution in [1.82, 2.24) is 5.01 Å². The fourth-order valence-corrected chi connectivity index (χ4v) is 0.701. The summed E-state index contributed by atoms with van der Waals surface area (Å²) >= 11 is 0.